The van der Waals surface area contributed by atoms with Gasteiger partial charge < -0.3 is 15.2 Å². The summed E-state index contributed by atoms with van der Waals surface area (Å²) < 4.78 is 41.5. The highest BCUT2D eigenvalue weighted by Gasteiger charge is 2.32. The zero-order valence-electron chi connectivity index (χ0n) is 11.4. The van der Waals surface area contributed by atoms with Gasteiger partial charge in [0.05, 0.1) is 11.3 Å². The van der Waals surface area contributed by atoms with Crippen molar-refractivity contribution in [2.75, 3.05) is 11.9 Å². The van der Waals surface area contributed by atoms with Crippen LogP contribution >= 0.6 is 15.9 Å². The Morgan fingerprint density at radius 2 is 1.95 bits per heavy atom. The first-order valence-electron chi connectivity index (χ1n) is 6.03. The largest absolute Gasteiger partial charge is 0.573 e. The van der Waals surface area contributed by atoms with Crippen LogP contribution in [-0.2, 0) is 0 Å². The summed E-state index contributed by atoms with van der Waals surface area (Å²) in [6, 6.07) is 4.27. The van der Waals surface area contributed by atoms with E-state index in [0.29, 0.717) is 4.47 Å². The summed E-state index contributed by atoms with van der Waals surface area (Å²) in [5, 5.41) is 12.9. The van der Waals surface area contributed by atoms with Gasteiger partial charge in [-0.3, -0.25) is 0 Å². The van der Waals surface area contributed by atoms with Crippen LogP contribution in [0.15, 0.2) is 22.7 Å². The third-order valence-corrected chi connectivity index (χ3v) is 3.54. The molecule has 0 amide bonds. The molecule has 0 heterocycles. The van der Waals surface area contributed by atoms with Crippen molar-refractivity contribution in [3.63, 3.8) is 0 Å². The summed E-state index contributed by atoms with van der Waals surface area (Å²) in [6.07, 6.45) is -4.77. The van der Waals surface area contributed by atoms with Crippen molar-refractivity contribution < 1.29 is 23.0 Å². The smallest absolute Gasteiger partial charge is 0.404 e. The molecule has 2 N–H and O–H groups in total. The molecule has 7 heteroatoms. The maximum absolute atomic E-state index is 12.3. The van der Waals surface area contributed by atoms with Crippen LogP contribution in [0.4, 0.5) is 18.9 Å². The Bertz CT molecular complexity index is 461. The van der Waals surface area contributed by atoms with E-state index in [2.05, 4.69) is 26.0 Å². The first-order valence-corrected chi connectivity index (χ1v) is 6.82. The Balaban J connectivity index is 2.90. The van der Waals surface area contributed by atoms with Crippen LogP contribution in [0.2, 0.25) is 0 Å². The maximum atomic E-state index is 12.3. The molecule has 0 saturated heterocycles. The van der Waals surface area contributed by atoms with E-state index in [4.69, 9.17) is 0 Å². The monoisotopic (exact) mass is 355 g/mol. The van der Waals surface area contributed by atoms with Gasteiger partial charge in [-0.15, -0.1) is 13.2 Å². The molecule has 20 heavy (non-hydrogen) atoms. The fourth-order valence-electron chi connectivity index (χ4n) is 1.33. The molecule has 0 fully saturated rings. The van der Waals surface area contributed by atoms with Crippen molar-refractivity contribution >= 4 is 21.6 Å². The number of halogens is 4. The van der Waals surface area contributed by atoms with Crippen LogP contribution in [0.5, 0.6) is 5.75 Å². The summed E-state index contributed by atoms with van der Waals surface area (Å²) in [4.78, 5) is 0. The second-order valence-electron chi connectivity index (χ2n) is 5.05. The molecule has 0 aliphatic rings. The zero-order chi connectivity index (χ0) is 15.6. The molecule has 0 saturated carbocycles. The van der Waals surface area contributed by atoms with Crippen molar-refractivity contribution in [2.45, 2.75) is 32.7 Å². The summed E-state index contributed by atoms with van der Waals surface area (Å²) in [6.45, 7) is 5.39. The van der Waals surface area contributed by atoms with E-state index in [-0.39, 0.29) is 23.9 Å². The van der Waals surface area contributed by atoms with Crippen molar-refractivity contribution in [2.24, 2.45) is 5.92 Å². The van der Waals surface area contributed by atoms with Crippen molar-refractivity contribution in [1.29, 1.82) is 0 Å². The number of benzene rings is 1. The maximum Gasteiger partial charge on any atom is 0.573 e. The highest BCUT2D eigenvalue weighted by molar-refractivity contribution is 9.10. The third kappa shape index (κ3) is 5.20. The Morgan fingerprint density at radius 3 is 2.45 bits per heavy atom. The van der Waals surface area contributed by atoms with Crippen LogP contribution in [0.1, 0.15) is 20.8 Å². The van der Waals surface area contributed by atoms with E-state index in [1.807, 2.05) is 13.8 Å². The molecule has 0 spiro atoms. The van der Waals surface area contributed by atoms with Gasteiger partial charge in [0.1, 0.15) is 0 Å². The highest BCUT2D eigenvalue weighted by Crippen LogP contribution is 2.33. The number of rotatable bonds is 5. The van der Waals surface area contributed by atoms with Gasteiger partial charge >= 0.3 is 6.36 Å². The molecule has 114 valence electrons. The van der Waals surface area contributed by atoms with Crippen LogP contribution in [-0.4, -0.2) is 23.6 Å². The number of nitrogens with one attached hydrogen (secondary N) is 1. The van der Waals surface area contributed by atoms with E-state index in [1.165, 1.54) is 12.1 Å². The van der Waals surface area contributed by atoms with Crippen molar-refractivity contribution in [1.82, 2.24) is 0 Å². The molecule has 0 radical (unpaired) electrons. The van der Waals surface area contributed by atoms with Gasteiger partial charge in [0.15, 0.2) is 5.75 Å². The van der Waals surface area contributed by atoms with E-state index < -0.39 is 12.0 Å². The van der Waals surface area contributed by atoms with Crippen LogP contribution in [0.25, 0.3) is 0 Å². The molecule has 1 aromatic rings. The van der Waals surface area contributed by atoms with Crippen molar-refractivity contribution in [3.05, 3.63) is 22.7 Å². The van der Waals surface area contributed by atoms with Crippen molar-refractivity contribution in [3.8, 4) is 5.75 Å². The number of hydrogen-bond acceptors (Lipinski definition) is 3. The molecule has 0 aromatic heterocycles. The second kappa shape index (κ2) is 6.22. The molecule has 0 aliphatic heterocycles. The fourth-order valence-corrected chi connectivity index (χ4v) is 1.67. The number of anilines is 1. The second-order valence-corrected chi connectivity index (χ2v) is 5.97. The molecule has 1 rings (SSSR count). The van der Waals surface area contributed by atoms with Crippen LogP contribution < -0.4 is 10.1 Å². The van der Waals surface area contributed by atoms with Gasteiger partial charge in [-0.1, -0.05) is 29.8 Å². The first kappa shape index (κ1) is 17.1. The number of alkyl halides is 3. The molecule has 1 aromatic carbocycles. The molecular weight excluding hydrogens is 339 g/mol. The van der Waals surface area contributed by atoms with Crippen LogP contribution in [0.3, 0.4) is 0 Å². The Kier molecular flexibility index (Phi) is 5.32. The fraction of sp³-hybridized carbons (Fsp3) is 0.538. The molecule has 0 aliphatic carbocycles. The standard InChI is InChI=1S/C13H17BrF3NO2/c1-8(2)12(3,19)7-18-10-5-4-9(14)6-11(10)20-13(15,16)17/h4-6,8,18-19H,7H2,1-3H3. The Labute approximate surface area is 124 Å². The summed E-state index contributed by atoms with van der Waals surface area (Å²) >= 11 is 3.09. The average molecular weight is 356 g/mol. The van der Waals surface area contributed by atoms with Gasteiger partial charge in [-0.25, -0.2) is 0 Å². The Hall–Kier alpha value is -0.950. The molecular formula is C13H17BrF3NO2. The Morgan fingerprint density at radius 1 is 1.35 bits per heavy atom. The van der Waals surface area contributed by atoms with Crippen LogP contribution in [0, 0.1) is 5.92 Å². The lowest BCUT2D eigenvalue weighted by Crippen LogP contribution is -2.38. The number of ether oxygens (including phenoxy) is 1. The van der Waals surface area contributed by atoms with E-state index in [0.717, 1.165) is 0 Å². The lowest BCUT2D eigenvalue weighted by molar-refractivity contribution is -0.274. The minimum absolute atomic E-state index is 0.0440. The first-order chi connectivity index (χ1) is 9.01. The lowest BCUT2D eigenvalue weighted by Gasteiger charge is -2.28. The van der Waals surface area contributed by atoms with Gasteiger partial charge in [0, 0.05) is 11.0 Å². The molecule has 1 atom stereocenters. The normalized spacial score (nSPS) is 15.1. The zero-order valence-corrected chi connectivity index (χ0v) is 13.0. The topological polar surface area (TPSA) is 41.5 Å². The predicted octanol–water partition coefficient (Wildman–Crippen LogP) is 4.17. The summed E-state index contributed by atoms with van der Waals surface area (Å²) in [5.41, 5.74) is -0.866. The SMILES string of the molecule is CC(C)C(C)(O)CNc1ccc(Br)cc1OC(F)(F)F. The summed E-state index contributed by atoms with van der Waals surface area (Å²) in [5.74, 6) is -0.385. The van der Waals surface area contributed by atoms with E-state index in [1.54, 1.807) is 13.0 Å². The van der Waals surface area contributed by atoms with Gasteiger partial charge in [0.2, 0.25) is 0 Å². The predicted molar refractivity (Wildman–Crippen MR) is 74.8 cm³/mol. The third-order valence-electron chi connectivity index (χ3n) is 3.05. The van der Waals surface area contributed by atoms with E-state index >= 15 is 0 Å². The van der Waals surface area contributed by atoms with E-state index in [9.17, 15) is 18.3 Å². The van der Waals surface area contributed by atoms with Gasteiger partial charge in [-0.2, -0.15) is 0 Å². The quantitative estimate of drug-likeness (QED) is 0.832. The molecule has 1 unspecified atom stereocenters. The lowest BCUT2D eigenvalue weighted by atomic mass is 9.92. The highest BCUT2D eigenvalue weighted by atomic mass is 79.9. The summed E-state index contributed by atoms with van der Waals surface area (Å²) in [7, 11) is 0. The minimum Gasteiger partial charge on any atom is -0.404 e. The van der Waals surface area contributed by atoms with Gasteiger partial charge in [0.25, 0.3) is 0 Å². The van der Waals surface area contributed by atoms with Gasteiger partial charge in [-0.05, 0) is 31.0 Å². The number of aliphatic hydroxyl groups is 1. The molecule has 0 bridgehead atoms. The average Bonchev–Trinajstić information content (AvgIpc) is 2.25. The number of hydrogen-bond donors (Lipinski definition) is 2. The molecule has 3 nitrogen and oxygen atoms in total. The minimum atomic E-state index is -4.77.